The quantitative estimate of drug-likeness (QED) is 0.596. The van der Waals surface area contributed by atoms with Gasteiger partial charge in [0.1, 0.15) is 0 Å². The molecule has 0 radical (unpaired) electrons. The average Bonchev–Trinajstić information content (AvgIpc) is 2.59. The maximum absolute atomic E-state index is 12.6. The fraction of sp³-hybridized carbons (Fsp3) is 0.611. The van der Waals surface area contributed by atoms with Crippen LogP contribution in [0, 0.1) is 0 Å². The highest BCUT2D eigenvalue weighted by Crippen LogP contribution is 2.29. The van der Waals surface area contributed by atoms with Crippen LogP contribution in [-0.2, 0) is 12.7 Å². The number of benzene rings is 1. The van der Waals surface area contributed by atoms with E-state index in [0.29, 0.717) is 6.54 Å². The number of hydrogen-bond acceptors (Lipinski definition) is 3. The van der Waals surface area contributed by atoms with Crippen LogP contribution in [0.2, 0.25) is 0 Å². The summed E-state index contributed by atoms with van der Waals surface area (Å²) in [5.41, 5.74) is 0.299. The number of alkyl halides is 3. The van der Waals surface area contributed by atoms with Crippen LogP contribution < -0.4 is 5.32 Å². The number of nitrogens with one attached hydrogen (secondary N) is 1. The Kier molecular flexibility index (Phi) is 7.67. The van der Waals surface area contributed by atoms with E-state index in [-0.39, 0.29) is 0 Å². The third kappa shape index (κ3) is 6.74. The van der Waals surface area contributed by atoms with Crippen LogP contribution in [-0.4, -0.2) is 73.2 Å². The lowest BCUT2D eigenvalue weighted by Crippen LogP contribution is -2.51. The van der Waals surface area contributed by atoms with Gasteiger partial charge in [0.15, 0.2) is 5.11 Å². The number of thiocarbonyl (C=S) groups is 1. The van der Waals surface area contributed by atoms with Crippen molar-refractivity contribution in [3.8, 4) is 0 Å². The summed E-state index contributed by atoms with van der Waals surface area (Å²) >= 11 is 5.45. The minimum absolute atomic E-state index is 0.600. The predicted octanol–water partition coefficient (Wildman–Crippen LogP) is 2.65. The maximum Gasteiger partial charge on any atom is 0.416 e. The van der Waals surface area contributed by atoms with E-state index >= 15 is 0 Å². The molecule has 1 fully saturated rings. The summed E-state index contributed by atoms with van der Waals surface area (Å²) in [5.74, 6) is 0. The van der Waals surface area contributed by atoms with E-state index in [4.69, 9.17) is 12.2 Å². The van der Waals surface area contributed by atoms with Crippen molar-refractivity contribution in [1.29, 1.82) is 0 Å². The molecule has 1 saturated heterocycles. The molecule has 146 valence electrons. The first-order chi connectivity index (χ1) is 12.3. The zero-order chi connectivity index (χ0) is 19.2. The van der Waals surface area contributed by atoms with Gasteiger partial charge in [-0.1, -0.05) is 12.1 Å². The summed E-state index contributed by atoms with van der Waals surface area (Å²) < 4.78 is 37.8. The van der Waals surface area contributed by atoms with E-state index < -0.39 is 11.7 Å². The molecule has 1 aliphatic heterocycles. The summed E-state index contributed by atoms with van der Waals surface area (Å²) in [6, 6.07) is 5.43. The van der Waals surface area contributed by atoms with Gasteiger partial charge in [-0.3, -0.25) is 4.90 Å². The minimum atomic E-state index is -4.28. The SMILES string of the molecule is CN(C)CCCNC(=S)N1CCN(Cc2ccc(C(F)(F)F)cc2)CC1. The number of nitrogens with zero attached hydrogens (tertiary/aromatic N) is 3. The molecule has 4 nitrogen and oxygen atoms in total. The van der Waals surface area contributed by atoms with Crippen molar-refractivity contribution >= 4 is 17.3 Å². The van der Waals surface area contributed by atoms with Crippen molar-refractivity contribution in [1.82, 2.24) is 20.0 Å². The van der Waals surface area contributed by atoms with E-state index in [1.54, 1.807) is 12.1 Å². The van der Waals surface area contributed by atoms with Crippen LogP contribution in [0.5, 0.6) is 0 Å². The van der Waals surface area contributed by atoms with Gasteiger partial charge in [-0.2, -0.15) is 13.2 Å². The van der Waals surface area contributed by atoms with E-state index in [1.165, 1.54) is 0 Å². The van der Waals surface area contributed by atoms with Crippen LogP contribution in [0.4, 0.5) is 13.2 Å². The Hall–Kier alpha value is -1.38. The molecule has 0 atom stereocenters. The molecule has 1 aromatic rings. The van der Waals surface area contributed by atoms with Crippen molar-refractivity contribution in [2.75, 3.05) is 53.4 Å². The van der Waals surface area contributed by atoms with E-state index in [0.717, 1.165) is 68.5 Å². The number of rotatable bonds is 6. The van der Waals surface area contributed by atoms with E-state index in [2.05, 4.69) is 20.0 Å². The molecule has 0 spiro atoms. The number of hydrogen-bond donors (Lipinski definition) is 1. The summed E-state index contributed by atoms with van der Waals surface area (Å²) in [6.45, 7) is 5.91. The average molecular weight is 389 g/mol. The van der Waals surface area contributed by atoms with Crippen LogP contribution >= 0.6 is 12.2 Å². The lowest BCUT2D eigenvalue weighted by molar-refractivity contribution is -0.137. The molecule has 0 aromatic heterocycles. The molecular formula is C18H27F3N4S. The van der Waals surface area contributed by atoms with Gasteiger partial charge in [0.05, 0.1) is 5.56 Å². The first-order valence-corrected chi connectivity index (χ1v) is 9.22. The smallest absolute Gasteiger partial charge is 0.363 e. The number of piperazine rings is 1. The topological polar surface area (TPSA) is 21.8 Å². The molecule has 0 saturated carbocycles. The van der Waals surface area contributed by atoms with Gasteiger partial charge in [-0.25, -0.2) is 0 Å². The molecular weight excluding hydrogens is 361 g/mol. The van der Waals surface area contributed by atoms with Crippen molar-refractivity contribution in [2.24, 2.45) is 0 Å². The molecule has 1 aromatic carbocycles. The Morgan fingerprint density at radius 1 is 1.12 bits per heavy atom. The van der Waals surface area contributed by atoms with Crippen molar-refractivity contribution < 1.29 is 13.2 Å². The Labute approximate surface area is 158 Å². The van der Waals surface area contributed by atoms with Crippen LogP contribution in [0.1, 0.15) is 17.5 Å². The highest BCUT2D eigenvalue weighted by atomic mass is 32.1. The summed E-state index contributed by atoms with van der Waals surface area (Å²) in [7, 11) is 4.10. The highest BCUT2D eigenvalue weighted by molar-refractivity contribution is 7.80. The minimum Gasteiger partial charge on any atom is -0.363 e. The Morgan fingerprint density at radius 3 is 2.27 bits per heavy atom. The molecule has 0 unspecified atom stereocenters. The first-order valence-electron chi connectivity index (χ1n) is 8.81. The molecule has 1 N–H and O–H groups in total. The van der Waals surface area contributed by atoms with Crippen molar-refractivity contribution in [2.45, 2.75) is 19.1 Å². The van der Waals surface area contributed by atoms with Gasteiger partial charge < -0.3 is 15.1 Å². The summed E-state index contributed by atoms with van der Waals surface area (Å²) in [4.78, 5) is 6.55. The normalized spacial score (nSPS) is 16.2. The second-order valence-corrected chi connectivity index (χ2v) is 7.23. The van der Waals surface area contributed by atoms with E-state index in [9.17, 15) is 13.2 Å². The monoisotopic (exact) mass is 388 g/mol. The number of halogens is 3. The predicted molar refractivity (Wildman–Crippen MR) is 102 cm³/mol. The maximum atomic E-state index is 12.6. The van der Waals surface area contributed by atoms with Crippen LogP contribution in [0.15, 0.2) is 24.3 Å². The standard InChI is InChI=1S/C18H27F3N4S/c1-23(2)9-3-8-22-17(26)25-12-10-24(11-13-25)14-15-4-6-16(7-5-15)18(19,20)21/h4-7H,3,8-14H2,1-2H3,(H,22,26). The second-order valence-electron chi connectivity index (χ2n) is 6.85. The molecule has 8 heteroatoms. The Bertz CT molecular complexity index is 567. The van der Waals surface area contributed by atoms with Crippen molar-refractivity contribution in [3.63, 3.8) is 0 Å². The summed E-state index contributed by atoms with van der Waals surface area (Å²) in [6.07, 6.45) is -3.24. The molecule has 0 amide bonds. The largest absolute Gasteiger partial charge is 0.416 e. The highest BCUT2D eigenvalue weighted by Gasteiger charge is 2.30. The molecule has 1 aliphatic rings. The zero-order valence-electron chi connectivity index (χ0n) is 15.4. The van der Waals surface area contributed by atoms with Gasteiger partial charge in [-0.05, 0) is 57.0 Å². The van der Waals surface area contributed by atoms with Gasteiger partial charge in [0.25, 0.3) is 0 Å². The zero-order valence-corrected chi connectivity index (χ0v) is 16.2. The Balaban J connectivity index is 1.72. The molecule has 26 heavy (non-hydrogen) atoms. The fourth-order valence-corrected chi connectivity index (χ4v) is 3.15. The van der Waals surface area contributed by atoms with Gasteiger partial charge >= 0.3 is 6.18 Å². The Morgan fingerprint density at radius 2 is 1.73 bits per heavy atom. The van der Waals surface area contributed by atoms with Gasteiger partial charge in [0.2, 0.25) is 0 Å². The fourth-order valence-electron chi connectivity index (χ4n) is 2.87. The molecule has 2 rings (SSSR count). The van der Waals surface area contributed by atoms with Gasteiger partial charge in [0, 0.05) is 39.3 Å². The van der Waals surface area contributed by atoms with Crippen LogP contribution in [0.25, 0.3) is 0 Å². The van der Waals surface area contributed by atoms with Crippen molar-refractivity contribution in [3.05, 3.63) is 35.4 Å². The first kappa shape index (κ1) is 20.9. The van der Waals surface area contributed by atoms with E-state index in [1.807, 2.05) is 14.1 Å². The van der Waals surface area contributed by atoms with Gasteiger partial charge in [-0.15, -0.1) is 0 Å². The molecule has 0 aliphatic carbocycles. The third-order valence-corrected chi connectivity index (χ3v) is 4.81. The summed E-state index contributed by atoms with van der Waals surface area (Å²) in [5, 5.41) is 4.09. The lowest BCUT2D eigenvalue weighted by atomic mass is 10.1. The lowest BCUT2D eigenvalue weighted by Gasteiger charge is -2.36. The molecule has 1 heterocycles. The third-order valence-electron chi connectivity index (χ3n) is 4.41. The molecule has 0 bridgehead atoms. The second kappa shape index (κ2) is 9.53. The van der Waals surface area contributed by atoms with Crippen LogP contribution in [0.3, 0.4) is 0 Å².